The monoisotopic (exact) mass is 269 g/mol. The van der Waals surface area contributed by atoms with Crippen LogP contribution in [0.3, 0.4) is 0 Å². The lowest BCUT2D eigenvalue weighted by Crippen LogP contribution is -2.05. The number of esters is 1. The zero-order chi connectivity index (χ0) is 12.6. The van der Waals surface area contributed by atoms with E-state index in [9.17, 15) is 4.79 Å². The van der Waals surface area contributed by atoms with Gasteiger partial charge in [-0.05, 0) is 35.0 Å². The van der Waals surface area contributed by atoms with Crippen LogP contribution in [0.25, 0.3) is 10.8 Å². The standard InChI is InChI=1S/C12H9Cl2NO2/c1-17-12(16)8-2-6-3-9(13)10(14)4-7(6)5-11(8)15/h2-5H,15H2,1H3. The molecule has 0 bridgehead atoms. The van der Waals surface area contributed by atoms with Crippen molar-refractivity contribution in [1.82, 2.24) is 0 Å². The normalized spacial score (nSPS) is 10.5. The van der Waals surface area contributed by atoms with E-state index in [1.54, 1.807) is 24.3 Å². The van der Waals surface area contributed by atoms with Gasteiger partial charge in [0.15, 0.2) is 0 Å². The lowest BCUT2D eigenvalue weighted by Gasteiger charge is -2.07. The topological polar surface area (TPSA) is 52.3 Å². The van der Waals surface area contributed by atoms with Crippen LogP contribution in [0.5, 0.6) is 0 Å². The number of anilines is 1. The van der Waals surface area contributed by atoms with Crippen LogP contribution in [-0.4, -0.2) is 13.1 Å². The van der Waals surface area contributed by atoms with Gasteiger partial charge in [-0.3, -0.25) is 0 Å². The second kappa shape index (κ2) is 4.43. The van der Waals surface area contributed by atoms with Crippen LogP contribution in [0.1, 0.15) is 10.4 Å². The molecule has 2 N–H and O–H groups in total. The summed E-state index contributed by atoms with van der Waals surface area (Å²) >= 11 is 11.8. The Morgan fingerprint density at radius 2 is 1.65 bits per heavy atom. The molecule has 0 spiro atoms. The number of nitrogens with two attached hydrogens (primary N) is 1. The third-order valence-electron chi connectivity index (χ3n) is 2.45. The number of fused-ring (bicyclic) bond motifs is 1. The maximum absolute atomic E-state index is 11.5. The Labute approximate surface area is 108 Å². The summed E-state index contributed by atoms with van der Waals surface area (Å²) in [4.78, 5) is 11.5. The van der Waals surface area contributed by atoms with Crippen molar-refractivity contribution in [2.75, 3.05) is 12.8 Å². The largest absolute Gasteiger partial charge is 0.465 e. The minimum absolute atomic E-state index is 0.318. The minimum atomic E-state index is -0.476. The number of methoxy groups -OCH3 is 1. The van der Waals surface area contributed by atoms with E-state index in [0.29, 0.717) is 21.3 Å². The van der Waals surface area contributed by atoms with Crippen LogP contribution in [0.15, 0.2) is 24.3 Å². The van der Waals surface area contributed by atoms with Crippen LogP contribution in [0.2, 0.25) is 10.0 Å². The molecule has 0 fully saturated rings. The van der Waals surface area contributed by atoms with Gasteiger partial charge in [-0.15, -0.1) is 0 Å². The highest BCUT2D eigenvalue weighted by atomic mass is 35.5. The molecule has 0 amide bonds. The lowest BCUT2D eigenvalue weighted by molar-refractivity contribution is 0.0602. The number of carbonyl (C=O) groups is 1. The van der Waals surface area contributed by atoms with Crippen LogP contribution < -0.4 is 5.73 Å². The Balaban J connectivity index is 2.71. The summed E-state index contributed by atoms with van der Waals surface area (Å²) in [5, 5.41) is 2.49. The lowest BCUT2D eigenvalue weighted by atomic mass is 10.1. The average Bonchev–Trinajstić information content (AvgIpc) is 2.30. The summed E-state index contributed by atoms with van der Waals surface area (Å²) in [5.41, 5.74) is 6.44. The van der Waals surface area contributed by atoms with E-state index >= 15 is 0 Å². The number of ether oxygens (including phenoxy) is 1. The molecule has 0 saturated heterocycles. The molecule has 0 atom stereocenters. The van der Waals surface area contributed by atoms with Crippen LogP contribution in [0.4, 0.5) is 5.69 Å². The maximum Gasteiger partial charge on any atom is 0.339 e. The summed E-state index contributed by atoms with van der Waals surface area (Å²) in [5.74, 6) is -0.476. The number of benzene rings is 2. The molecule has 0 radical (unpaired) electrons. The quantitative estimate of drug-likeness (QED) is 0.637. The third kappa shape index (κ3) is 2.16. The molecule has 0 unspecified atom stereocenters. The van der Waals surface area contributed by atoms with Crippen molar-refractivity contribution in [3.63, 3.8) is 0 Å². The Morgan fingerprint density at radius 1 is 1.12 bits per heavy atom. The Kier molecular flexibility index (Phi) is 3.13. The first-order valence-electron chi connectivity index (χ1n) is 4.79. The molecule has 17 heavy (non-hydrogen) atoms. The van der Waals surface area contributed by atoms with E-state index in [1.165, 1.54) is 7.11 Å². The smallest absolute Gasteiger partial charge is 0.339 e. The van der Waals surface area contributed by atoms with E-state index in [0.717, 1.165) is 10.8 Å². The summed E-state index contributed by atoms with van der Waals surface area (Å²) < 4.78 is 4.64. The molecule has 0 aliphatic carbocycles. The fourth-order valence-corrected chi connectivity index (χ4v) is 1.94. The zero-order valence-electron chi connectivity index (χ0n) is 8.96. The molecule has 5 heteroatoms. The summed E-state index contributed by atoms with van der Waals surface area (Å²) in [6, 6.07) is 6.70. The van der Waals surface area contributed by atoms with Gasteiger partial charge >= 0.3 is 5.97 Å². The second-order valence-electron chi connectivity index (χ2n) is 3.54. The van der Waals surface area contributed by atoms with Crippen molar-refractivity contribution in [3.05, 3.63) is 39.9 Å². The Hall–Kier alpha value is -1.45. The molecule has 0 aromatic heterocycles. The number of halogens is 2. The van der Waals surface area contributed by atoms with Gasteiger partial charge in [0.2, 0.25) is 0 Å². The molecule has 0 aliphatic heterocycles. The van der Waals surface area contributed by atoms with E-state index in [-0.39, 0.29) is 0 Å². The van der Waals surface area contributed by atoms with Gasteiger partial charge in [-0.25, -0.2) is 4.79 Å². The highest BCUT2D eigenvalue weighted by Crippen LogP contribution is 2.30. The fraction of sp³-hybridized carbons (Fsp3) is 0.0833. The van der Waals surface area contributed by atoms with E-state index < -0.39 is 5.97 Å². The van der Waals surface area contributed by atoms with Crippen molar-refractivity contribution in [3.8, 4) is 0 Å². The number of hydrogen-bond donors (Lipinski definition) is 1. The third-order valence-corrected chi connectivity index (χ3v) is 3.18. The van der Waals surface area contributed by atoms with Crippen molar-refractivity contribution >= 4 is 45.6 Å². The first-order valence-corrected chi connectivity index (χ1v) is 5.55. The van der Waals surface area contributed by atoms with Crippen LogP contribution >= 0.6 is 23.2 Å². The second-order valence-corrected chi connectivity index (χ2v) is 4.36. The molecule has 0 saturated carbocycles. The average molecular weight is 270 g/mol. The van der Waals surface area contributed by atoms with Gasteiger partial charge in [0.1, 0.15) is 0 Å². The van der Waals surface area contributed by atoms with Gasteiger partial charge < -0.3 is 10.5 Å². The molecule has 2 aromatic carbocycles. The van der Waals surface area contributed by atoms with E-state index in [1.807, 2.05) is 0 Å². The Bertz CT molecular complexity index is 611. The molecule has 0 heterocycles. The highest BCUT2D eigenvalue weighted by Gasteiger charge is 2.12. The van der Waals surface area contributed by atoms with E-state index in [2.05, 4.69) is 4.74 Å². The summed E-state index contributed by atoms with van der Waals surface area (Å²) in [6.45, 7) is 0. The summed E-state index contributed by atoms with van der Waals surface area (Å²) in [6.07, 6.45) is 0. The zero-order valence-corrected chi connectivity index (χ0v) is 10.5. The van der Waals surface area contributed by atoms with E-state index in [4.69, 9.17) is 28.9 Å². The first-order chi connectivity index (χ1) is 8.02. The molecule has 0 aliphatic rings. The number of hydrogen-bond acceptors (Lipinski definition) is 3. The molecular formula is C12H9Cl2NO2. The molecule has 2 rings (SSSR count). The van der Waals surface area contributed by atoms with Crippen molar-refractivity contribution in [2.24, 2.45) is 0 Å². The predicted molar refractivity (Wildman–Crippen MR) is 69.7 cm³/mol. The van der Waals surface area contributed by atoms with Crippen LogP contribution in [-0.2, 0) is 4.74 Å². The maximum atomic E-state index is 11.5. The Morgan fingerprint density at radius 3 is 2.18 bits per heavy atom. The van der Waals surface area contributed by atoms with Gasteiger partial charge in [0.25, 0.3) is 0 Å². The van der Waals surface area contributed by atoms with Crippen molar-refractivity contribution in [1.29, 1.82) is 0 Å². The SMILES string of the molecule is COC(=O)c1cc2cc(Cl)c(Cl)cc2cc1N. The first kappa shape index (κ1) is 12.0. The summed E-state index contributed by atoms with van der Waals surface area (Å²) in [7, 11) is 1.31. The van der Waals surface area contributed by atoms with Gasteiger partial charge in [-0.1, -0.05) is 23.2 Å². The number of rotatable bonds is 1. The number of carbonyl (C=O) groups excluding carboxylic acids is 1. The number of nitrogen functional groups attached to an aromatic ring is 1. The van der Waals surface area contributed by atoms with Gasteiger partial charge in [-0.2, -0.15) is 0 Å². The molecule has 3 nitrogen and oxygen atoms in total. The molecular weight excluding hydrogens is 261 g/mol. The van der Waals surface area contributed by atoms with Crippen molar-refractivity contribution in [2.45, 2.75) is 0 Å². The van der Waals surface area contributed by atoms with Gasteiger partial charge in [0, 0.05) is 5.69 Å². The molecule has 2 aromatic rings. The fourth-order valence-electron chi connectivity index (χ4n) is 1.60. The van der Waals surface area contributed by atoms with Crippen LogP contribution in [0, 0.1) is 0 Å². The van der Waals surface area contributed by atoms with Gasteiger partial charge in [0.05, 0.1) is 22.7 Å². The minimum Gasteiger partial charge on any atom is -0.465 e. The highest BCUT2D eigenvalue weighted by molar-refractivity contribution is 6.42. The predicted octanol–water partition coefficient (Wildman–Crippen LogP) is 3.52. The van der Waals surface area contributed by atoms with Crippen molar-refractivity contribution < 1.29 is 9.53 Å². The molecule has 88 valence electrons.